The molecule has 194 valence electrons. The molecule has 1 unspecified atom stereocenters. The van der Waals surface area contributed by atoms with Gasteiger partial charge < -0.3 is 14.8 Å². The Hall–Kier alpha value is -3.53. The average molecular weight is 522 g/mol. The van der Waals surface area contributed by atoms with Crippen LogP contribution in [0.15, 0.2) is 59.8 Å². The first kappa shape index (κ1) is 25.1. The number of hydrogen-bond donors (Lipinski definition) is 1. The van der Waals surface area contributed by atoms with Crippen LogP contribution in [0.1, 0.15) is 42.6 Å². The van der Waals surface area contributed by atoms with Crippen LogP contribution in [0.3, 0.4) is 0 Å². The lowest BCUT2D eigenvalue weighted by molar-refractivity contribution is -0.132. The molecule has 1 aromatic heterocycles. The first-order chi connectivity index (χ1) is 17.9. The summed E-state index contributed by atoms with van der Waals surface area (Å²) in [6.45, 7) is 1.94. The van der Waals surface area contributed by atoms with Gasteiger partial charge in [-0.1, -0.05) is 30.3 Å². The second-order valence-electron chi connectivity index (χ2n) is 9.85. The maximum atomic E-state index is 13.0. The number of fused-ring (bicyclic) bond motifs is 1. The van der Waals surface area contributed by atoms with Crippen molar-refractivity contribution in [1.29, 1.82) is 0 Å². The normalized spacial score (nSPS) is 17.8. The van der Waals surface area contributed by atoms with Crippen LogP contribution in [0, 0.1) is 5.92 Å². The van der Waals surface area contributed by atoms with Crippen molar-refractivity contribution in [2.75, 3.05) is 24.2 Å². The number of aryl methyl sites for hydroxylation is 1. The lowest BCUT2D eigenvalue weighted by Crippen LogP contribution is -2.41. The second kappa shape index (κ2) is 10.8. The number of benzene rings is 2. The molecule has 5 rings (SSSR count). The smallest absolute Gasteiger partial charge is 0.224 e. The quantitative estimate of drug-likeness (QED) is 0.488. The van der Waals surface area contributed by atoms with Crippen LogP contribution in [-0.2, 0) is 38.8 Å². The van der Waals surface area contributed by atoms with Gasteiger partial charge in [0.2, 0.25) is 11.8 Å². The molecule has 1 saturated heterocycles. The molecule has 9 nitrogen and oxygen atoms in total. The molecule has 0 aliphatic carbocycles. The molecule has 2 aliphatic heterocycles. The predicted molar refractivity (Wildman–Crippen MR) is 139 cm³/mol. The monoisotopic (exact) mass is 521 g/mol. The van der Waals surface area contributed by atoms with Crippen molar-refractivity contribution in [2.45, 2.75) is 50.0 Å². The van der Waals surface area contributed by atoms with Gasteiger partial charge in [-0.15, -0.1) is 10.2 Å². The maximum absolute atomic E-state index is 13.0. The van der Waals surface area contributed by atoms with Crippen molar-refractivity contribution in [3.8, 4) is 0 Å². The Kier molecular flexibility index (Phi) is 7.36. The van der Waals surface area contributed by atoms with Gasteiger partial charge in [0.15, 0.2) is 9.84 Å². The Balaban J connectivity index is 1.17. The molecule has 10 heteroatoms. The zero-order chi connectivity index (χ0) is 25.8. The van der Waals surface area contributed by atoms with E-state index < -0.39 is 9.84 Å². The fourth-order valence-electron chi connectivity index (χ4n) is 5.12. The highest BCUT2D eigenvalue weighted by Gasteiger charge is 2.27. The van der Waals surface area contributed by atoms with E-state index in [4.69, 9.17) is 0 Å². The zero-order valence-corrected chi connectivity index (χ0v) is 21.5. The number of rotatable bonds is 8. The van der Waals surface area contributed by atoms with Crippen molar-refractivity contribution >= 4 is 27.3 Å². The number of carbonyl (C=O) groups excluding carboxylic acids is 2. The van der Waals surface area contributed by atoms with E-state index in [-0.39, 0.29) is 34.8 Å². The molecule has 0 spiro atoms. The first-order valence-corrected chi connectivity index (χ1v) is 14.4. The number of aromatic nitrogens is 3. The third-order valence-corrected chi connectivity index (χ3v) is 8.86. The van der Waals surface area contributed by atoms with Gasteiger partial charge in [0.25, 0.3) is 0 Å². The Morgan fingerprint density at radius 3 is 2.78 bits per heavy atom. The molecule has 37 heavy (non-hydrogen) atoms. The van der Waals surface area contributed by atoms with Crippen LogP contribution >= 0.6 is 0 Å². The molecule has 1 N–H and O–H groups in total. The Labute approximate surface area is 216 Å². The van der Waals surface area contributed by atoms with E-state index in [1.54, 1.807) is 23.4 Å². The molecule has 0 radical (unpaired) electrons. The minimum Gasteiger partial charge on any atom is -0.342 e. The van der Waals surface area contributed by atoms with Gasteiger partial charge in [-0.3, -0.25) is 9.59 Å². The summed E-state index contributed by atoms with van der Waals surface area (Å²) in [5.74, 6) is 0.719. The van der Waals surface area contributed by atoms with E-state index in [1.165, 1.54) is 11.6 Å². The van der Waals surface area contributed by atoms with Crippen molar-refractivity contribution < 1.29 is 18.0 Å². The molecule has 3 aromatic rings. The van der Waals surface area contributed by atoms with E-state index in [2.05, 4.69) is 27.6 Å². The largest absolute Gasteiger partial charge is 0.342 e. The molecule has 1 fully saturated rings. The number of hydrogen-bond acceptors (Lipinski definition) is 6. The van der Waals surface area contributed by atoms with Gasteiger partial charge in [-0.05, 0) is 54.5 Å². The highest BCUT2D eigenvalue weighted by Crippen LogP contribution is 2.27. The average Bonchev–Trinajstić information content (AvgIpc) is 3.33. The summed E-state index contributed by atoms with van der Waals surface area (Å²) in [5.41, 5.74) is 2.64. The van der Waals surface area contributed by atoms with Crippen molar-refractivity contribution in [1.82, 2.24) is 19.7 Å². The van der Waals surface area contributed by atoms with E-state index in [0.29, 0.717) is 38.2 Å². The summed E-state index contributed by atoms with van der Waals surface area (Å²) in [6.07, 6.45) is 5.14. The molecule has 0 saturated carbocycles. The van der Waals surface area contributed by atoms with Gasteiger partial charge >= 0.3 is 0 Å². The van der Waals surface area contributed by atoms with E-state index in [1.807, 2.05) is 22.8 Å². The van der Waals surface area contributed by atoms with Crippen LogP contribution in [-0.4, -0.2) is 58.7 Å². The van der Waals surface area contributed by atoms with Crippen LogP contribution in [0.25, 0.3) is 0 Å². The molecule has 2 amide bonds. The summed E-state index contributed by atoms with van der Waals surface area (Å²) in [6, 6.07) is 14.9. The number of likely N-dealkylation sites (tertiary alicyclic amines) is 1. The topological polar surface area (TPSA) is 114 Å². The van der Waals surface area contributed by atoms with Gasteiger partial charge in [0, 0.05) is 38.0 Å². The standard InChI is InChI=1S/C27H31N5O4S/c33-26-11-8-22-16-23(9-10-24(22)29-26)37(35,36)14-12-27(34)31-13-4-7-21(18-31)15-25-30-28-19-32(25)17-20-5-2-1-3-6-20/h1-3,5-6,9-10,16,19,21H,4,7-8,11-15,17-18H2,(H,29,33). The molecular formula is C27H31N5O4S. The number of nitrogens with one attached hydrogen (secondary N) is 1. The molecule has 2 aromatic carbocycles. The molecule has 3 heterocycles. The third kappa shape index (κ3) is 6.07. The minimum atomic E-state index is -3.61. The maximum Gasteiger partial charge on any atom is 0.224 e. The lowest BCUT2D eigenvalue weighted by atomic mass is 9.94. The van der Waals surface area contributed by atoms with Crippen LogP contribution in [0.5, 0.6) is 0 Å². The highest BCUT2D eigenvalue weighted by molar-refractivity contribution is 7.91. The second-order valence-corrected chi connectivity index (χ2v) is 12.0. The summed E-state index contributed by atoms with van der Waals surface area (Å²) >= 11 is 0. The first-order valence-electron chi connectivity index (χ1n) is 12.7. The molecule has 1 atom stereocenters. The fourth-order valence-corrected chi connectivity index (χ4v) is 6.39. The zero-order valence-electron chi connectivity index (χ0n) is 20.7. The Bertz CT molecular complexity index is 1390. The number of piperidine rings is 1. The van der Waals surface area contributed by atoms with E-state index in [0.717, 1.165) is 30.7 Å². The summed E-state index contributed by atoms with van der Waals surface area (Å²) in [4.78, 5) is 26.5. The molecule has 2 aliphatic rings. The van der Waals surface area contributed by atoms with Crippen molar-refractivity contribution in [3.05, 3.63) is 71.8 Å². The van der Waals surface area contributed by atoms with E-state index in [9.17, 15) is 18.0 Å². The SMILES string of the molecule is O=C1CCc2cc(S(=O)(=O)CCC(=O)N3CCCC(Cc4nncn4Cc4ccccc4)C3)ccc2N1. The van der Waals surface area contributed by atoms with Crippen molar-refractivity contribution in [2.24, 2.45) is 5.92 Å². The minimum absolute atomic E-state index is 0.0485. The predicted octanol–water partition coefficient (Wildman–Crippen LogP) is 2.86. The summed E-state index contributed by atoms with van der Waals surface area (Å²) in [5, 5.41) is 11.2. The van der Waals surface area contributed by atoms with Crippen molar-refractivity contribution in [3.63, 3.8) is 0 Å². The van der Waals surface area contributed by atoms with Crippen LogP contribution < -0.4 is 5.32 Å². The Morgan fingerprint density at radius 1 is 1.11 bits per heavy atom. The number of anilines is 1. The number of amides is 2. The van der Waals surface area contributed by atoms with Gasteiger partial charge in [-0.2, -0.15) is 0 Å². The lowest BCUT2D eigenvalue weighted by Gasteiger charge is -2.32. The number of carbonyl (C=O) groups is 2. The number of sulfone groups is 1. The summed E-state index contributed by atoms with van der Waals surface area (Å²) in [7, 11) is -3.61. The summed E-state index contributed by atoms with van der Waals surface area (Å²) < 4.78 is 28.0. The van der Waals surface area contributed by atoms with Gasteiger partial charge in [0.1, 0.15) is 12.2 Å². The van der Waals surface area contributed by atoms with Gasteiger partial charge in [0.05, 0.1) is 17.2 Å². The highest BCUT2D eigenvalue weighted by atomic mass is 32.2. The van der Waals surface area contributed by atoms with Crippen LogP contribution in [0.4, 0.5) is 5.69 Å². The Morgan fingerprint density at radius 2 is 1.95 bits per heavy atom. The van der Waals surface area contributed by atoms with E-state index >= 15 is 0 Å². The molecular weight excluding hydrogens is 490 g/mol. The van der Waals surface area contributed by atoms with Gasteiger partial charge in [-0.25, -0.2) is 8.42 Å². The third-order valence-electron chi connectivity index (χ3n) is 7.15. The molecule has 0 bridgehead atoms. The fraction of sp³-hybridized carbons (Fsp3) is 0.407. The number of nitrogens with zero attached hydrogens (tertiary/aromatic N) is 4. The van der Waals surface area contributed by atoms with Crippen LogP contribution in [0.2, 0.25) is 0 Å².